The highest BCUT2D eigenvalue weighted by atomic mass is 79.9. The first kappa shape index (κ1) is 12.6. The lowest BCUT2D eigenvalue weighted by Gasteiger charge is -2.30. The third-order valence-electron chi connectivity index (χ3n) is 3.09. The van der Waals surface area contributed by atoms with Crippen molar-refractivity contribution in [2.75, 3.05) is 6.54 Å². The summed E-state index contributed by atoms with van der Waals surface area (Å²) >= 11 is 3.26. The van der Waals surface area contributed by atoms with Crippen molar-refractivity contribution in [1.29, 1.82) is 0 Å². The molecule has 1 aliphatic heterocycles. The van der Waals surface area contributed by atoms with Gasteiger partial charge in [0.05, 0.1) is 0 Å². The van der Waals surface area contributed by atoms with Crippen molar-refractivity contribution in [2.24, 2.45) is 5.92 Å². The Balaban J connectivity index is 2.12. The molecule has 1 atom stereocenters. The Morgan fingerprint density at radius 2 is 2.24 bits per heavy atom. The van der Waals surface area contributed by atoms with Gasteiger partial charge in [0.25, 0.3) is 0 Å². The fraction of sp³-hybridized carbons (Fsp3) is 0.462. The predicted molar refractivity (Wildman–Crippen MR) is 67.9 cm³/mol. The van der Waals surface area contributed by atoms with Crippen LogP contribution in [-0.4, -0.2) is 17.4 Å². The van der Waals surface area contributed by atoms with Gasteiger partial charge in [-0.3, -0.25) is 4.79 Å². The summed E-state index contributed by atoms with van der Waals surface area (Å²) in [6.45, 7) is 3.23. The van der Waals surface area contributed by atoms with Crippen LogP contribution < -0.4 is 0 Å². The van der Waals surface area contributed by atoms with Gasteiger partial charge in [0, 0.05) is 23.5 Å². The molecule has 92 valence electrons. The first-order chi connectivity index (χ1) is 8.06. The van der Waals surface area contributed by atoms with Gasteiger partial charge >= 0.3 is 0 Å². The van der Waals surface area contributed by atoms with Gasteiger partial charge in [-0.05, 0) is 36.6 Å². The minimum absolute atomic E-state index is 0.0979. The topological polar surface area (TPSA) is 20.3 Å². The number of benzene rings is 1. The molecule has 1 amide bonds. The molecular formula is C13H15BrFNO. The molecule has 0 radical (unpaired) electrons. The van der Waals surface area contributed by atoms with E-state index in [1.165, 1.54) is 12.1 Å². The molecular weight excluding hydrogens is 285 g/mol. The quantitative estimate of drug-likeness (QED) is 0.820. The van der Waals surface area contributed by atoms with Crippen molar-refractivity contribution in [2.45, 2.75) is 26.3 Å². The predicted octanol–water partition coefficient (Wildman–Crippen LogP) is 3.35. The van der Waals surface area contributed by atoms with Crippen LogP contribution in [0.4, 0.5) is 4.39 Å². The Kier molecular flexibility index (Phi) is 3.82. The summed E-state index contributed by atoms with van der Waals surface area (Å²) in [4.78, 5) is 13.7. The Labute approximate surface area is 109 Å². The maximum atomic E-state index is 13.2. The zero-order valence-corrected chi connectivity index (χ0v) is 11.3. The minimum atomic E-state index is -0.271. The van der Waals surface area contributed by atoms with Crippen LogP contribution in [-0.2, 0) is 11.3 Å². The Morgan fingerprint density at radius 3 is 2.94 bits per heavy atom. The number of amides is 1. The number of hydrogen-bond donors (Lipinski definition) is 0. The third kappa shape index (κ3) is 3.06. The summed E-state index contributed by atoms with van der Waals surface area (Å²) in [5.74, 6) is 0.00395. The van der Waals surface area contributed by atoms with Crippen LogP contribution >= 0.6 is 15.9 Å². The van der Waals surface area contributed by atoms with E-state index in [0.29, 0.717) is 11.0 Å². The zero-order chi connectivity index (χ0) is 12.4. The normalized spacial score (nSPS) is 20.8. The van der Waals surface area contributed by atoms with E-state index in [0.717, 1.165) is 24.9 Å². The minimum Gasteiger partial charge on any atom is -0.338 e. The number of likely N-dealkylation sites (tertiary alicyclic amines) is 1. The van der Waals surface area contributed by atoms with Crippen molar-refractivity contribution in [3.05, 3.63) is 34.1 Å². The summed E-state index contributed by atoms with van der Waals surface area (Å²) in [5.41, 5.74) is 0.833. The molecule has 2 rings (SSSR count). The van der Waals surface area contributed by atoms with Gasteiger partial charge in [-0.25, -0.2) is 4.39 Å². The van der Waals surface area contributed by atoms with Crippen LogP contribution in [0.1, 0.15) is 25.3 Å². The maximum absolute atomic E-state index is 13.2. The van der Waals surface area contributed by atoms with Gasteiger partial charge in [-0.1, -0.05) is 22.9 Å². The molecule has 1 heterocycles. The van der Waals surface area contributed by atoms with Crippen molar-refractivity contribution < 1.29 is 9.18 Å². The monoisotopic (exact) mass is 299 g/mol. The van der Waals surface area contributed by atoms with Gasteiger partial charge < -0.3 is 4.90 Å². The summed E-state index contributed by atoms with van der Waals surface area (Å²) in [5, 5.41) is 0. The van der Waals surface area contributed by atoms with Gasteiger partial charge in [-0.2, -0.15) is 0 Å². The van der Waals surface area contributed by atoms with E-state index >= 15 is 0 Å². The number of carbonyl (C=O) groups excluding carboxylic acids is 1. The first-order valence-electron chi connectivity index (χ1n) is 5.80. The summed E-state index contributed by atoms with van der Waals surface area (Å²) in [6, 6.07) is 4.76. The van der Waals surface area contributed by atoms with Crippen LogP contribution in [0, 0.1) is 11.7 Å². The average molecular weight is 300 g/mol. The van der Waals surface area contributed by atoms with Crippen LogP contribution in [0.5, 0.6) is 0 Å². The van der Waals surface area contributed by atoms with E-state index < -0.39 is 0 Å². The molecule has 1 aliphatic rings. The van der Waals surface area contributed by atoms with Crippen molar-refractivity contribution >= 4 is 21.8 Å². The summed E-state index contributed by atoms with van der Waals surface area (Å²) in [7, 11) is 0. The standard InChI is InChI=1S/C13H15BrFNO/c1-9-3-2-4-16(13(9)17)8-10-5-11(14)7-12(15)6-10/h5-7,9H,2-4,8H2,1H3. The van der Waals surface area contributed by atoms with Gasteiger partial charge in [0.1, 0.15) is 5.82 Å². The van der Waals surface area contributed by atoms with Crippen LogP contribution in [0.15, 0.2) is 22.7 Å². The molecule has 0 aliphatic carbocycles. The van der Waals surface area contributed by atoms with E-state index in [4.69, 9.17) is 0 Å². The molecule has 0 aromatic heterocycles. The highest BCUT2D eigenvalue weighted by Gasteiger charge is 2.24. The van der Waals surface area contributed by atoms with Gasteiger partial charge in [-0.15, -0.1) is 0 Å². The molecule has 0 saturated carbocycles. The lowest BCUT2D eigenvalue weighted by Crippen LogP contribution is -2.39. The van der Waals surface area contributed by atoms with E-state index in [-0.39, 0.29) is 17.6 Å². The number of piperidine rings is 1. The maximum Gasteiger partial charge on any atom is 0.225 e. The summed E-state index contributed by atoms with van der Waals surface area (Å²) < 4.78 is 13.9. The first-order valence-corrected chi connectivity index (χ1v) is 6.59. The Hall–Kier alpha value is -0.900. The third-order valence-corrected chi connectivity index (χ3v) is 3.55. The average Bonchev–Trinajstić information content (AvgIpc) is 2.23. The number of carbonyl (C=O) groups is 1. The van der Waals surface area contributed by atoms with E-state index in [9.17, 15) is 9.18 Å². The largest absolute Gasteiger partial charge is 0.338 e. The molecule has 4 heteroatoms. The Bertz CT molecular complexity index is 415. The molecule has 17 heavy (non-hydrogen) atoms. The SMILES string of the molecule is CC1CCCN(Cc2cc(F)cc(Br)c2)C1=O. The van der Waals surface area contributed by atoms with E-state index in [2.05, 4.69) is 15.9 Å². The molecule has 0 spiro atoms. The highest BCUT2D eigenvalue weighted by Crippen LogP contribution is 2.21. The number of rotatable bonds is 2. The molecule has 0 N–H and O–H groups in total. The molecule has 1 saturated heterocycles. The van der Waals surface area contributed by atoms with Gasteiger partial charge in [0.2, 0.25) is 5.91 Å². The van der Waals surface area contributed by atoms with Crippen LogP contribution in [0.2, 0.25) is 0 Å². The lowest BCUT2D eigenvalue weighted by atomic mass is 9.99. The molecule has 1 unspecified atom stereocenters. The fourth-order valence-electron chi connectivity index (χ4n) is 2.21. The number of nitrogens with zero attached hydrogens (tertiary/aromatic N) is 1. The second-order valence-electron chi connectivity index (χ2n) is 4.58. The van der Waals surface area contributed by atoms with Crippen LogP contribution in [0.3, 0.4) is 0 Å². The van der Waals surface area contributed by atoms with E-state index in [1.54, 1.807) is 0 Å². The zero-order valence-electron chi connectivity index (χ0n) is 9.75. The van der Waals surface area contributed by atoms with Crippen molar-refractivity contribution in [3.63, 3.8) is 0 Å². The summed E-state index contributed by atoms with van der Waals surface area (Å²) in [6.07, 6.45) is 1.99. The molecule has 1 aromatic rings. The smallest absolute Gasteiger partial charge is 0.225 e. The lowest BCUT2D eigenvalue weighted by molar-refractivity contribution is -0.138. The second-order valence-corrected chi connectivity index (χ2v) is 5.50. The van der Waals surface area contributed by atoms with Gasteiger partial charge in [0.15, 0.2) is 0 Å². The highest BCUT2D eigenvalue weighted by molar-refractivity contribution is 9.10. The molecule has 2 nitrogen and oxygen atoms in total. The second kappa shape index (κ2) is 5.17. The molecule has 0 bridgehead atoms. The number of halogens is 2. The molecule has 1 fully saturated rings. The van der Waals surface area contributed by atoms with Crippen LogP contribution in [0.25, 0.3) is 0 Å². The Morgan fingerprint density at radius 1 is 1.47 bits per heavy atom. The van der Waals surface area contributed by atoms with E-state index in [1.807, 2.05) is 17.9 Å². The molecule has 1 aromatic carbocycles. The van der Waals surface area contributed by atoms with Crippen molar-refractivity contribution in [3.8, 4) is 0 Å². The number of hydrogen-bond acceptors (Lipinski definition) is 1. The fourth-order valence-corrected chi connectivity index (χ4v) is 2.73. The van der Waals surface area contributed by atoms with Crippen molar-refractivity contribution in [1.82, 2.24) is 4.90 Å².